The summed E-state index contributed by atoms with van der Waals surface area (Å²) in [6.07, 6.45) is -4.55. The van der Waals surface area contributed by atoms with Gasteiger partial charge in [0, 0.05) is 10.7 Å². The molecule has 1 aliphatic heterocycles. The van der Waals surface area contributed by atoms with E-state index in [9.17, 15) is 22.8 Å². The third-order valence-electron chi connectivity index (χ3n) is 3.90. The Labute approximate surface area is 162 Å². The molecule has 0 fully saturated rings. The number of alkyl halides is 3. The molecule has 2 amide bonds. The average molecular weight is 415 g/mol. The summed E-state index contributed by atoms with van der Waals surface area (Å²) in [7, 11) is 0. The van der Waals surface area contributed by atoms with Gasteiger partial charge in [0.1, 0.15) is 10.7 Å². The largest absolute Gasteiger partial charge is 0.416 e. The number of nitrogens with zero attached hydrogens (tertiary/aromatic N) is 1. The molecule has 27 heavy (non-hydrogen) atoms. The van der Waals surface area contributed by atoms with Crippen LogP contribution in [0.2, 0.25) is 5.02 Å². The molecule has 9 heteroatoms. The van der Waals surface area contributed by atoms with Crippen LogP contribution in [0.1, 0.15) is 11.1 Å². The van der Waals surface area contributed by atoms with Gasteiger partial charge in [0.05, 0.1) is 11.3 Å². The first kappa shape index (κ1) is 19.3. The summed E-state index contributed by atoms with van der Waals surface area (Å²) in [6, 6.07) is 8.81. The zero-order chi connectivity index (χ0) is 19.9. The van der Waals surface area contributed by atoms with Crippen molar-refractivity contribution >= 4 is 46.4 Å². The van der Waals surface area contributed by atoms with Gasteiger partial charge in [-0.05, 0) is 42.8 Å². The molecule has 0 saturated carbocycles. The predicted molar refractivity (Wildman–Crippen MR) is 96.6 cm³/mol. The second-order valence-electron chi connectivity index (χ2n) is 5.77. The molecule has 140 valence electrons. The molecule has 4 nitrogen and oxygen atoms in total. The topological polar surface area (TPSA) is 49.4 Å². The highest BCUT2D eigenvalue weighted by Gasteiger charge is 2.39. The van der Waals surface area contributed by atoms with Crippen molar-refractivity contribution < 1.29 is 22.8 Å². The number of aryl methyl sites for hydroxylation is 1. The lowest BCUT2D eigenvalue weighted by Gasteiger charge is -2.16. The summed E-state index contributed by atoms with van der Waals surface area (Å²) in [5.41, 5.74) is -0.274. The van der Waals surface area contributed by atoms with E-state index < -0.39 is 28.6 Å². The quantitative estimate of drug-likeness (QED) is 0.710. The van der Waals surface area contributed by atoms with Crippen LogP contribution in [0, 0.1) is 6.92 Å². The number of nitrogens with one attached hydrogen (secondary N) is 1. The van der Waals surface area contributed by atoms with Gasteiger partial charge in [0.25, 0.3) is 11.8 Å². The molecule has 0 aromatic heterocycles. The number of hydrogen-bond acceptors (Lipinski definition) is 3. The lowest BCUT2D eigenvalue weighted by Crippen LogP contribution is -2.32. The average Bonchev–Trinajstić information content (AvgIpc) is 2.81. The summed E-state index contributed by atoms with van der Waals surface area (Å²) in [5, 5.41) is 2.44. The third-order valence-corrected chi connectivity index (χ3v) is 4.66. The summed E-state index contributed by atoms with van der Waals surface area (Å²) in [6.45, 7) is 1.76. The van der Waals surface area contributed by atoms with E-state index in [4.69, 9.17) is 23.2 Å². The zero-order valence-electron chi connectivity index (χ0n) is 13.7. The number of carbonyl (C=O) groups is 2. The van der Waals surface area contributed by atoms with Crippen LogP contribution in [0.3, 0.4) is 0 Å². The summed E-state index contributed by atoms with van der Waals surface area (Å²) in [4.78, 5) is 25.8. The molecule has 1 aliphatic rings. The predicted octanol–water partition coefficient (Wildman–Crippen LogP) is 5.10. The minimum atomic E-state index is -4.55. The first-order valence-corrected chi connectivity index (χ1v) is 8.34. The van der Waals surface area contributed by atoms with Crippen LogP contribution in [0.15, 0.2) is 53.2 Å². The summed E-state index contributed by atoms with van der Waals surface area (Å²) in [5.74, 6) is -1.58. The molecule has 0 radical (unpaired) electrons. The van der Waals surface area contributed by atoms with Crippen molar-refractivity contribution in [2.45, 2.75) is 13.1 Å². The molecular weight excluding hydrogens is 404 g/mol. The number of imide groups is 1. The fraction of sp³-hybridized carbons (Fsp3) is 0.111. The van der Waals surface area contributed by atoms with Gasteiger partial charge >= 0.3 is 6.18 Å². The van der Waals surface area contributed by atoms with Gasteiger partial charge < -0.3 is 5.32 Å². The highest BCUT2D eigenvalue weighted by Crippen LogP contribution is 2.34. The Morgan fingerprint density at radius 3 is 2.33 bits per heavy atom. The molecule has 0 unspecified atom stereocenters. The second-order valence-corrected chi connectivity index (χ2v) is 6.56. The zero-order valence-corrected chi connectivity index (χ0v) is 15.2. The Hall–Kier alpha value is -2.51. The maximum atomic E-state index is 12.8. The second kappa shape index (κ2) is 6.90. The van der Waals surface area contributed by atoms with E-state index in [-0.39, 0.29) is 17.1 Å². The van der Waals surface area contributed by atoms with Gasteiger partial charge in [-0.25, -0.2) is 4.90 Å². The Morgan fingerprint density at radius 1 is 1.00 bits per heavy atom. The highest BCUT2D eigenvalue weighted by molar-refractivity contribution is 6.53. The molecule has 2 aromatic rings. The highest BCUT2D eigenvalue weighted by atomic mass is 35.5. The molecule has 0 bridgehead atoms. The summed E-state index contributed by atoms with van der Waals surface area (Å²) >= 11 is 12.0. The molecule has 0 aliphatic carbocycles. The van der Waals surface area contributed by atoms with Gasteiger partial charge in [-0.1, -0.05) is 35.3 Å². The van der Waals surface area contributed by atoms with Crippen LogP contribution in [-0.2, 0) is 15.8 Å². The van der Waals surface area contributed by atoms with Gasteiger partial charge in [-0.2, -0.15) is 13.2 Å². The molecular formula is C18H11Cl2F3N2O2. The molecule has 3 rings (SSSR count). The van der Waals surface area contributed by atoms with Gasteiger partial charge in [0.2, 0.25) is 0 Å². The van der Waals surface area contributed by atoms with Crippen LogP contribution in [0.5, 0.6) is 0 Å². The number of hydrogen-bond donors (Lipinski definition) is 1. The number of amides is 2. The Kier molecular flexibility index (Phi) is 4.92. The van der Waals surface area contributed by atoms with E-state index in [0.29, 0.717) is 5.02 Å². The van der Waals surface area contributed by atoms with Crippen LogP contribution in [0.25, 0.3) is 0 Å². The first-order chi connectivity index (χ1) is 12.6. The molecule has 0 atom stereocenters. The maximum absolute atomic E-state index is 12.8. The minimum Gasteiger partial charge on any atom is -0.350 e. The number of carbonyl (C=O) groups excluding carboxylic acids is 2. The molecule has 0 spiro atoms. The number of benzene rings is 2. The lowest BCUT2D eigenvalue weighted by molar-refractivity contribution is -0.137. The van der Waals surface area contributed by atoms with Gasteiger partial charge in [0.15, 0.2) is 0 Å². The Bertz CT molecular complexity index is 987. The SMILES string of the molecule is Cc1ccc(N2C(=O)C(Cl)=C(Nc3cccc(C(F)(F)F)c3)C2=O)cc1Cl. The molecule has 2 aromatic carbocycles. The molecule has 0 saturated heterocycles. The standard InChI is InChI=1S/C18H11Cl2F3N2O2/c1-9-5-6-12(8-13(9)19)25-16(26)14(20)15(17(25)27)24-11-4-2-3-10(7-11)18(21,22)23/h2-8,24H,1H3. The monoisotopic (exact) mass is 414 g/mol. The number of rotatable bonds is 3. The van der Waals surface area contributed by atoms with Crippen molar-refractivity contribution in [3.05, 3.63) is 69.3 Å². The third kappa shape index (κ3) is 3.65. The maximum Gasteiger partial charge on any atom is 0.416 e. The fourth-order valence-corrected chi connectivity index (χ4v) is 2.87. The van der Waals surface area contributed by atoms with E-state index in [0.717, 1.165) is 22.6 Å². The molecule has 1 N–H and O–H groups in total. The van der Waals surface area contributed by atoms with Crippen LogP contribution in [0.4, 0.5) is 24.5 Å². The smallest absolute Gasteiger partial charge is 0.350 e. The van der Waals surface area contributed by atoms with Crippen molar-refractivity contribution in [3.63, 3.8) is 0 Å². The van der Waals surface area contributed by atoms with Crippen LogP contribution < -0.4 is 10.2 Å². The van der Waals surface area contributed by atoms with E-state index in [1.165, 1.54) is 24.3 Å². The fourth-order valence-electron chi connectivity index (χ4n) is 2.48. The Morgan fingerprint density at radius 2 is 1.70 bits per heavy atom. The summed E-state index contributed by atoms with van der Waals surface area (Å²) < 4.78 is 38.5. The Balaban J connectivity index is 1.92. The van der Waals surface area contributed by atoms with Crippen molar-refractivity contribution in [1.29, 1.82) is 0 Å². The number of anilines is 2. The van der Waals surface area contributed by atoms with Crippen LogP contribution in [-0.4, -0.2) is 11.8 Å². The van der Waals surface area contributed by atoms with Crippen molar-refractivity contribution in [3.8, 4) is 0 Å². The van der Waals surface area contributed by atoms with Crippen LogP contribution >= 0.6 is 23.2 Å². The van der Waals surface area contributed by atoms with Crippen molar-refractivity contribution in [1.82, 2.24) is 0 Å². The van der Waals surface area contributed by atoms with E-state index in [1.807, 2.05) is 0 Å². The van der Waals surface area contributed by atoms with Crippen molar-refractivity contribution in [2.75, 3.05) is 10.2 Å². The van der Waals surface area contributed by atoms with E-state index in [2.05, 4.69) is 5.32 Å². The van der Waals surface area contributed by atoms with E-state index in [1.54, 1.807) is 13.0 Å². The molecule has 1 heterocycles. The minimum absolute atomic E-state index is 0.0251. The first-order valence-electron chi connectivity index (χ1n) is 7.58. The van der Waals surface area contributed by atoms with Gasteiger partial charge in [-0.15, -0.1) is 0 Å². The normalized spacial score (nSPS) is 15.0. The van der Waals surface area contributed by atoms with E-state index >= 15 is 0 Å². The lowest BCUT2D eigenvalue weighted by atomic mass is 10.2. The number of halogens is 5. The van der Waals surface area contributed by atoms with Gasteiger partial charge in [-0.3, -0.25) is 9.59 Å². The van der Waals surface area contributed by atoms with Crippen molar-refractivity contribution in [2.24, 2.45) is 0 Å².